The van der Waals surface area contributed by atoms with Crippen molar-refractivity contribution < 1.29 is 4.42 Å². The van der Waals surface area contributed by atoms with Crippen LogP contribution in [0.15, 0.2) is 162 Å². The Morgan fingerprint density at radius 3 is 1.78 bits per heavy atom. The standard InChI is InChI=1S/C71H70BN3OS/c1-43-36-59-64-60(37-43)75(47-27-30-53-54(38-47)69(7,8)33-32-68(53,5)6)65-52-41-55-56(71(11,12)35-34-70(55,9)10)42-63(52)77-66(65)72(64)57-31-28-48(39-58(57)74(59)46-24-22-44(23-25-46)67(2,3)4)73(45-18-14-13-15-19-45)49-26-29-51-50-20-16-17-21-61(50)76-62(51)40-49/h13-31,36-42H,32-35H2,1-12H3. The van der Waals surface area contributed by atoms with Crippen LogP contribution >= 0.6 is 11.3 Å². The average molecular weight is 1020 g/mol. The van der Waals surface area contributed by atoms with Gasteiger partial charge in [0.25, 0.3) is 6.71 Å². The normalized spacial score (nSPS) is 17.5. The van der Waals surface area contributed by atoms with Crippen molar-refractivity contribution in [2.24, 2.45) is 0 Å². The summed E-state index contributed by atoms with van der Waals surface area (Å²) in [6.45, 7) is 29.0. The number of furan rings is 1. The largest absolute Gasteiger partial charge is 0.456 e. The quantitative estimate of drug-likeness (QED) is 0.160. The molecule has 0 saturated carbocycles. The van der Waals surface area contributed by atoms with Gasteiger partial charge in [0.05, 0.1) is 5.69 Å². The van der Waals surface area contributed by atoms with Gasteiger partial charge in [-0.05, 0) is 195 Å². The molecule has 0 atom stereocenters. The molecule has 6 heteroatoms. The zero-order valence-corrected chi connectivity index (χ0v) is 47.9. The van der Waals surface area contributed by atoms with Crippen molar-refractivity contribution in [2.45, 2.75) is 136 Å². The first-order valence-electron chi connectivity index (χ1n) is 28.2. The maximum absolute atomic E-state index is 6.57. The predicted molar refractivity (Wildman–Crippen MR) is 332 cm³/mol. The smallest absolute Gasteiger partial charge is 0.264 e. The number of hydrogen-bond donors (Lipinski definition) is 0. The first-order valence-corrected chi connectivity index (χ1v) is 29.0. The second-order valence-corrected chi connectivity index (χ2v) is 27.9. The highest BCUT2D eigenvalue weighted by molar-refractivity contribution is 7.33. The number of aryl methyl sites for hydroxylation is 1. The molecular weight excluding hydrogens is 954 g/mol. The van der Waals surface area contributed by atoms with Gasteiger partial charge in [-0.1, -0.05) is 137 Å². The highest BCUT2D eigenvalue weighted by Gasteiger charge is 2.47. The van der Waals surface area contributed by atoms with Crippen molar-refractivity contribution in [3.8, 4) is 0 Å². The molecule has 8 aromatic carbocycles. The van der Waals surface area contributed by atoms with E-state index in [-0.39, 0.29) is 33.8 Å². The zero-order chi connectivity index (χ0) is 53.3. The van der Waals surface area contributed by atoms with Crippen molar-refractivity contribution in [3.05, 3.63) is 191 Å². The van der Waals surface area contributed by atoms with Crippen molar-refractivity contribution in [1.29, 1.82) is 0 Å². The molecule has 10 aromatic rings. The van der Waals surface area contributed by atoms with E-state index in [2.05, 4.69) is 256 Å². The molecule has 0 unspecified atom stereocenters. The maximum atomic E-state index is 6.57. The molecule has 384 valence electrons. The van der Waals surface area contributed by atoms with Crippen LogP contribution in [0.4, 0.5) is 51.2 Å². The fourth-order valence-electron chi connectivity index (χ4n) is 14.1. The fraction of sp³-hybridized carbons (Fsp3) is 0.296. The molecule has 4 heterocycles. The average Bonchev–Trinajstić information content (AvgIpc) is 4.20. The Morgan fingerprint density at radius 1 is 0.494 bits per heavy atom. The van der Waals surface area contributed by atoms with Crippen molar-refractivity contribution in [1.82, 2.24) is 0 Å². The Hall–Kier alpha value is -7.02. The van der Waals surface area contributed by atoms with Gasteiger partial charge in [-0.2, -0.15) is 0 Å². The summed E-state index contributed by atoms with van der Waals surface area (Å²) in [7, 11) is 0. The molecule has 4 nitrogen and oxygen atoms in total. The van der Waals surface area contributed by atoms with E-state index < -0.39 is 0 Å². The molecule has 0 fully saturated rings. The lowest BCUT2D eigenvalue weighted by molar-refractivity contribution is 0.332. The molecule has 14 rings (SSSR count). The SMILES string of the molecule is Cc1cc2c3c(c1)N(c1ccc4c(c1)C(C)(C)CCC4(C)C)c1c(sc4cc5c(cc14)C(C)(C)CCC5(C)C)B3c1ccc(N(c3ccccc3)c3ccc4c(c3)oc3ccccc34)cc1N2c1ccc(C(C)(C)C)cc1. The molecule has 0 radical (unpaired) electrons. The van der Waals surface area contributed by atoms with Gasteiger partial charge >= 0.3 is 0 Å². The third-order valence-corrected chi connectivity index (χ3v) is 20.0. The fourth-order valence-corrected chi connectivity index (χ4v) is 15.4. The van der Waals surface area contributed by atoms with Crippen molar-refractivity contribution in [2.75, 3.05) is 14.7 Å². The Morgan fingerprint density at radius 2 is 1.08 bits per heavy atom. The monoisotopic (exact) mass is 1020 g/mol. The summed E-state index contributed by atoms with van der Waals surface area (Å²) in [5.41, 5.74) is 24.0. The Balaban J connectivity index is 1.06. The van der Waals surface area contributed by atoms with E-state index >= 15 is 0 Å². The van der Waals surface area contributed by atoms with Crippen LogP contribution in [0.25, 0.3) is 32.0 Å². The molecule has 2 aromatic heterocycles. The topological polar surface area (TPSA) is 22.9 Å². The molecule has 0 amide bonds. The summed E-state index contributed by atoms with van der Waals surface area (Å²) in [5.74, 6) is 0. The van der Waals surface area contributed by atoms with E-state index in [4.69, 9.17) is 4.42 Å². The maximum Gasteiger partial charge on any atom is 0.264 e. The number of para-hydroxylation sites is 2. The molecule has 77 heavy (non-hydrogen) atoms. The third kappa shape index (κ3) is 7.37. The first-order chi connectivity index (χ1) is 36.7. The van der Waals surface area contributed by atoms with Gasteiger partial charge < -0.3 is 19.1 Å². The Labute approximate surface area is 460 Å². The van der Waals surface area contributed by atoms with E-state index in [1.54, 1.807) is 0 Å². The van der Waals surface area contributed by atoms with Crippen LogP contribution in [0.2, 0.25) is 0 Å². The summed E-state index contributed by atoms with van der Waals surface area (Å²) < 4.78 is 9.37. The second kappa shape index (κ2) is 16.5. The number of nitrogens with zero attached hydrogens (tertiary/aromatic N) is 3. The van der Waals surface area contributed by atoms with Gasteiger partial charge in [-0.15, -0.1) is 11.3 Å². The minimum atomic E-state index is -0.0125. The van der Waals surface area contributed by atoms with E-state index in [0.29, 0.717) is 0 Å². The molecule has 0 N–H and O–H groups in total. The molecule has 0 spiro atoms. The minimum absolute atomic E-state index is 0.0105. The molecule has 4 aliphatic rings. The number of anilines is 9. The number of rotatable bonds is 5. The summed E-state index contributed by atoms with van der Waals surface area (Å²) >= 11 is 2.03. The van der Waals surface area contributed by atoms with Crippen molar-refractivity contribution >= 4 is 117 Å². The van der Waals surface area contributed by atoms with Gasteiger partial charge in [-0.3, -0.25) is 0 Å². The molecular formula is C71H70BN3OS. The van der Waals surface area contributed by atoms with Gasteiger partial charge in [0.1, 0.15) is 11.2 Å². The highest BCUT2D eigenvalue weighted by Crippen LogP contribution is 2.55. The number of fused-ring (bicyclic) bond motifs is 11. The zero-order valence-electron chi connectivity index (χ0n) is 47.1. The van der Waals surface area contributed by atoms with E-state index in [0.717, 1.165) is 44.7 Å². The second-order valence-electron chi connectivity index (χ2n) is 26.8. The van der Waals surface area contributed by atoms with Crippen LogP contribution in [0.3, 0.4) is 0 Å². The highest BCUT2D eigenvalue weighted by atomic mass is 32.1. The summed E-state index contributed by atoms with van der Waals surface area (Å²) in [6, 6.07) is 60.5. The lowest BCUT2D eigenvalue weighted by Gasteiger charge is -2.45. The first kappa shape index (κ1) is 48.4. The van der Waals surface area contributed by atoms with Crippen molar-refractivity contribution in [3.63, 3.8) is 0 Å². The van der Waals surface area contributed by atoms with Crippen LogP contribution < -0.4 is 30.4 Å². The number of thiophene rings is 1. The Kier molecular flexibility index (Phi) is 10.4. The van der Waals surface area contributed by atoms with Gasteiger partial charge in [0, 0.05) is 77.2 Å². The lowest BCUT2D eigenvalue weighted by Crippen LogP contribution is -2.60. The summed E-state index contributed by atoms with van der Waals surface area (Å²) in [5, 5.41) is 3.63. The van der Waals surface area contributed by atoms with Gasteiger partial charge in [0.2, 0.25) is 0 Å². The van der Waals surface area contributed by atoms with E-state index in [1.807, 2.05) is 11.3 Å². The molecule has 0 bridgehead atoms. The van der Waals surface area contributed by atoms with E-state index in [1.165, 1.54) is 113 Å². The molecule has 0 saturated heterocycles. The summed E-state index contributed by atoms with van der Waals surface area (Å²) in [6.07, 6.45) is 4.71. The number of hydrogen-bond acceptors (Lipinski definition) is 5. The van der Waals surface area contributed by atoms with Crippen LogP contribution in [0.1, 0.15) is 135 Å². The van der Waals surface area contributed by atoms with Gasteiger partial charge in [0.15, 0.2) is 0 Å². The molecule has 2 aliphatic heterocycles. The third-order valence-electron chi connectivity index (χ3n) is 18.7. The predicted octanol–water partition coefficient (Wildman–Crippen LogP) is 18.7. The van der Waals surface area contributed by atoms with Crippen LogP contribution in [-0.2, 0) is 27.1 Å². The minimum Gasteiger partial charge on any atom is -0.456 e. The molecule has 2 aliphatic carbocycles. The van der Waals surface area contributed by atoms with Crippen LogP contribution in [0.5, 0.6) is 0 Å². The summed E-state index contributed by atoms with van der Waals surface area (Å²) in [4.78, 5) is 7.72. The lowest BCUT2D eigenvalue weighted by atomic mass is 9.36. The van der Waals surface area contributed by atoms with Crippen LogP contribution in [0, 0.1) is 6.92 Å². The number of benzene rings is 8. The van der Waals surface area contributed by atoms with Gasteiger partial charge in [-0.25, -0.2) is 0 Å². The van der Waals surface area contributed by atoms with E-state index in [9.17, 15) is 0 Å². The van der Waals surface area contributed by atoms with Crippen LogP contribution in [-0.4, -0.2) is 6.71 Å². The Bertz CT molecular complexity index is 4070.